The average molecular weight is 343 g/mol. The normalized spacial score (nSPS) is 10.6. The molecule has 9 heteroatoms. The van der Waals surface area contributed by atoms with Gasteiger partial charge in [-0.05, 0) is 19.1 Å². The molecule has 3 aromatic rings. The van der Waals surface area contributed by atoms with E-state index in [4.69, 9.17) is 0 Å². The number of pyridine rings is 1. The van der Waals surface area contributed by atoms with E-state index in [1.54, 1.807) is 48.2 Å². The lowest BCUT2D eigenvalue weighted by Gasteiger charge is -2.20. The fraction of sp³-hybridized carbons (Fsp3) is 0.267. The number of amides is 1. The van der Waals surface area contributed by atoms with Gasteiger partial charge in [-0.3, -0.25) is 9.78 Å². The number of rotatable bonds is 5. The van der Waals surface area contributed by atoms with Gasteiger partial charge in [0.1, 0.15) is 5.69 Å². The Hall–Kier alpha value is -2.81. The van der Waals surface area contributed by atoms with Crippen LogP contribution in [0.15, 0.2) is 30.7 Å². The molecule has 124 valence electrons. The molecule has 0 saturated heterocycles. The second-order valence-corrected chi connectivity index (χ2v) is 5.71. The molecule has 0 aliphatic rings. The molecule has 0 unspecified atom stereocenters. The number of carbonyl (C=O) groups is 1. The number of imidazole rings is 1. The van der Waals surface area contributed by atoms with Crippen LogP contribution in [0.2, 0.25) is 0 Å². The average Bonchev–Trinajstić information content (AvgIpc) is 3.22. The molecule has 8 nitrogen and oxygen atoms in total. The molecule has 0 saturated carbocycles. The van der Waals surface area contributed by atoms with Crippen LogP contribution in [0.5, 0.6) is 0 Å². The molecule has 3 rings (SSSR count). The predicted octanol–water partition coefficient (Wildman–Crippen LogP) is 2.04. The van der Waals surface area contributed by atoms with E-state index >= 15 is 0 Å². The maximum Gasteiger partial charge on any atom is 0.276 e. The van der Waals surface area contributed by atoms with Crippen LogP contribution in [-0.2, 0) is 7.05 Å². The van der Waals surface area contributed by atoms with Gasteiger partial charge in [0.15, 0.2) is 5.82 Å². The molecule has 0 aliphatic carbocycles. The molecule has 0 spiro atoms. The van der Waals surface area contributed by atoms with Crippen LogP contribution in [0.4, 0.5) is 10.8 Å². The molecule has 0 atom stereocenters. The maximum atomic E-state index is 12.9. The van der Waals surface area contributed by atoms with Gasteiger partial charge in [-0.2, -0.15) is 9.36 Å². The zero-order chi connectivity index (χ0) is 17.1. The highest BCUT2D eigenvalue weighted by molar-refractivity contribution is 7.09. The number of aromatic nitrogens is 5. The van der Waals surface area contributed by atoms with Crippen LogP contribution >= 0.6 is 11.5 Å². The highest BCUT2D eigenvalue weighted by Crippen LogP contribution is 2.22. The molecule has 0 bridgehead atoms. The molecule has 0 aromatic carbocycles. The van der Waals surface area contributed by atoms with E-state index in [9.17, 15) is 4.79 Å². The van der Waals surface area contributed by atoms with Crippen LogP contribution in [0.1, 0.15) is 17.4 Å². The SMILES string of the molecule is CCN(C(=O)c1cnc(-c2nsc(NC)n2)n1C)c1cccnc1. The first-order chi connectivity index (χ1) is 11.7. The number of hydrogen-bond acceptors (Lipinski definition) is 7. The molecule has 3 aromatic heterocycles. The van der Waals surface area contributed by atoms with Crippen molar-refractivity contribution in [2.24, 2.45) is 7.05 Å². The Bertz CT molecular complexity index is 843. The summed E-state index contributed by atoms with van der Waals surface area (Å²) in [5.74, 6) is 0.907. The van der Waals surface area contributed by atoms with Gasteiger partial charge in [0, 0.05) is 38.4 Å². The van der Waals surface area contributed by atoms with Gasteiger partial charge < -0.3 is 14.8 Å². The highest BCUT2D eigenvalue weighted by atomic mass is 32.1. The van der Waals surface area contributed by atoms with E-state index in [0.29, 0.717) is 29.0 Å². The van der Waals surface area contributed by atoms with Gasteiger partial charge in [-0.15, -0.1) is 0 Å². The van der Waals surface area contributed by atoms with Gasteiger partial charge in [-0.25, -0.2) is 4.98 Å². The number of hydrogen-bond donors (Lipinski definition) is 1. The van der Waals surface area contributed by atoms with Crippen molar-refractivity contribution in [2.45, 2.75) is 6.92 Å². The largest absolute Gasteiger partial charge is 0.363 e. The first-order valence-electron chi connectivity index (χ1n) is 7.41. The summed E-state index contributed by atoms with van der Waals surface area (Å²) in [5.41, 5.74) is 1.22. The summed E-state index contributed by atoms with van der Waals surface area (Å²) in [5, 5.41) is 3.64. The lowest BCUT2D eigenvalue weighted by atomic mass is 10.3. The molecular formula is C15H17N7OS. The van der Waals surface area contributed by atoms with Crippen LogP contribution in [0.25, 0.3) is 11.6 Å². The monoisotopic (exact) mass is 343 g/mol. The molecule has 0 fully saturated rings. The Morgan fingerprint density at radius 2 is 2.25 bits per heavy atom. The van der Waals surface area contributed by atoms with Crippen LogP contribution in [0, 0.1) is 0 Å². The summed E-state index contributed by atoms with van der Waals surface area (Å²) >= 11 is 1.25. The minimum absolute atomic E-state index is 0.143. The Labute approximate surface area is 143 Å². The topological polar surface area (TPSA) is 88.8 Å². The molecule has 1 N–H and O–H groups in total. The van der Waals surface area contributed by atoms with E-state index in [1.807, 2.05) is 13.0 Å². The smallest absolute Gasteiger partial charge is 0.276 e. The third-order valence-electron chi connectivity index (χ3n) is 3.57. The zero-order valence-electron chi connectivity index (χ0n) is 13.6. The maximum absolute atomic E-state index is 12.9. The van der Waals surface area contributed by atoms with Crippen LogP contribution in [0.3, 0.4) is 0 Å². The fourth-order valence-electron chi connectivity index (χ4n) is 2.33. The summed E-state index contributed by atoms with van der Waals surface area (Å²) in [6.07, 6.45) is 4.90. The van der Waals surface area contributed by atoms with Gasteiger partial charge in [0.25, 0.3) is 5.91 Å². The lowest BCUT2D eigenvalue weighted by Crippen LogP contribution is -2.32. The van der Waals surface area contributed by atoms with Gasteiger partial charge in [0.2, 0.25) is 11.0 Å². The van der Waals surface area contributed by atoms with Crippen molar-refractivity contribution < 1.29 is 4.79 Å². The summed E-state index contributed by atoms with van der Waals surface area (Å²) in [6.45, 7) is 2.45. The standard InChI is InChI=1S/C15H17N7OS/c1-4-22(10-6-5-7-17-8-10)14(23)11-9-18-13(21(11)3)12-19-15(16-2)24-20-12/h5-9H,4H2,1-3H3,(H,16,19,20). The first kappa shape index (κ1) is 16.1. The molecular weight excluding hydrogens is 326 g/mol. The number of nitrogens with one attached hydrogen (secondary N) is 1. The van der Waals surface area contributed by atoms with Crippen molar-refractivity contribution in [1.29, 1.82) is 0 Å². The van der Waals surface area contributed by atoms with E-state index < -0.39 is 0 Å². The molecule has 0 radical (unpaired) electrons. The lowest BCUT2D eigenvalue weighted by molar-refractivity contribution is 0.0980. The molecule has 3 heterocycles. The van der Waals surface area contributed by atoms with Crippen molar-refractivity contribution in [1.82, 2.24) is 23.9 Å². The highest BCUT2D eigenvalue weighted by Gasteiger charge is 2.22. The zero-order valence-corrected chi connectivity index (χ0v) is 14.4. The quantitative estimate of drug-likeness (QED) is 0.762. The van der Waals surface area contributed by atoms with Crippen molar-refractivity contribution in [3.05, 3.63) is 36.4 Å². The number of carbonyl (C=O) groups excluding carboxylic acids is 1. The van der Waals surface area contributed by atoms with E-state index in [-0.39, 0.29) is 5.91 Å². The van der Waals surface area contributed by atoms with E-state index in [0.717, 1.165) is 5.69 Å². The Morgan fingerprint density at radius 3 is 2.88 bits per heavy atom. The fourth-order valence-corrected chi connectivity index (χ4v) is 2.84. The summed E-state index contributed by atoms with van der Waals surface area (Å²) in [7, 11) is 3.57. The van der Waals surface area contributed by atoms with Gasteiger partial charge >= 0.3 is 0 Å². The Balaban J connectivity index is 1.93. The Kier molecular flexibility index (Phi) is 4.52. The van der Waals surface area contributed by atoms with Crippen LogP contribution < -0.4 is 10.2 Å². The van der Waals surface area contributed by atoms with Crippen molar-refractivity contribution >= 4 is 28.3 Å². The number of nitrogens with zero attached hydrogens (tertiary/aromatic N) is 6. The minimum Gasteiger partial charge on any atom is -0.363 e. The molecule has 0 aliphatic heterocycles. The van der Waals surface area contributed by atoms with Crippen molar-refractivity contribution in [3.8, 4) is 11.6 Å². The third kappa shape index (κ3) is 2.85. The van der Waals surface area contributed by atoms with Crippen LogP contribution in [-0.4, -0.2) is 43.4 Å². The summed E-state index contributed by atoms with van der Waals surface area (Å²) in [6, 6.07) is 3.66. The van der Waals surface area contributed by atoms with Crippen molar-refractivity contribution in [2.75, 3.05) is 23.8 Å². The van der Waals surface area contributed by atoms with E-state index in [2.05, 4.69) is 24.6 Å². The summed E-state index contributed by atoms with van der Waals surface area (Å²) < 4.78 is 5.97. The Morgan fingerprint density at radius 1 is 1.42 bits per heavy atom. The van der Waals surface area contributed by atoms with Gasteiger partial charge in [0.05, 0.1) is 18.1 Å². The number of anilines is 2. The second kappa shape index (κ2) is 6.75. The first-order valence-corrected chi connectivity index (χ1v) is 8.18. The third-order valence-corrected chi connectivity index (χ3v) is 4.30. The second-order valence-electron chi connectivity index (χ2n) is 4.96. The summed E-state index contributed by atoms with van der Waals surface area (Å²) in [4.78, 5) is 27.3. The van der Waals surface area contributed by atoms with Gasteiger partial charge in [-0.1, -0.05) is 0 Å². The molecule has 24 heavy (non-hydrogen) atoms. The van der Waals surface area contributed by atoms with Crippen molar-refractivity contribution in [3.63, 3.8) is 0 Å². The minimum atomic E-state index is -0.143. The predicted molar refractivity (Wildman–Crippen MR) is 93.2 cm³/mol. The van der Waals surface area contributed by atoms with E-state index in [1.165, 1.54) is 11.5 Å². The molecule has 1 amide bonds.